The Morgan fingerprint density at radius 2 is 1.65 bits per heavy atom. The number of halogens is 1. The molecule has 0 atom stereocenters. The van der Waals surface area contributed by atoms with Gasteiger partial charge in [0.05, 0.1) is 0 Å². The summed E-state index contributed by atoms with van der Waals surface area (Å²) in [5.74, 6) is 0. The molecule has 0 aliphatic rings. The van der Waals surface area contributed by atoms with Crippen molar-refractivity contribution in [3.8, 4) is 0 Å². The summed E-state index contributed by atoms with van der Waals surface area (Å²) in [7, 11) is 4.13. The summed E-state index contributed by atoms with van der Waals surface area (Å²) >= 11 is 11.5. The second kappa shape index (κ2) is 8.87. The topological polar surface area (TPSA) is 18.5 Å². The van der Waals surface area contributed by atoms with E-state index in [4.69, 9.17) is 23.8 Å². The first kappa shape index (κ1) is 17.7. The Balaban J connectivity index is 2.05. The first-order chi connectivity index (χ1) is 11.0. The van der Waals surface area contributed by atoms with Crippen LogP contribution >= 0.6 is 23.8 Å². The van der Waals surface area contributed by atoms with Gasteiger partial charge in [0.15, 0.2) is 5.11 Å². The molecule has 1 N–H and O–H groups in total. The number of thiocarbonyl (C=S) groups is 1. The SMILES string of the molecule is CN(C)CCN(Cc1ccccc1)C(=S)Nc1ccc(Cl)cc1. The second-order valence-corrected chi connectivity index (χ2v) is 6.47. The van der Waals surface area contributed by atoms with Crippen molar-refractivity contribution in [3.05, 3.63) is 65.2 Å². The van der Waals surface area contributed by atoms with Crippen molar-refractivity contribution < 1.29 is 0 Å². The van der Waals surface area contributed by atoms with E-state index in [1.54, 1.807) is 0 Å². The molecule has 5 heteroatoms. The van der Waals surface area contributed by atoms with Crippen LogP contribution < -0.4 is 5.32 Å². The van der Waals surface area contributed by atoms with Crippen LogP contribution in [0.25, 0.3) is 0 Å². The van der Waals surface area contributed by atoms with Crippen LogP contribution in [0.5, 0.6) is 0 Å². The Kier molecular flexibility index (Phi) is 6.84. The van der Waals surface area contributed by atoms with Crippen LogP contribution in [0.2, 0.25) is 5.02 Å². The van der Waals surface area contributed by atoms with E-state index in [2.05, 4.69) is 53.5 Å². The third-order valence-electron chi connectivity index (χ3n) is 3.42. The third kappa shape index (κ3) is 6.18. The summed E-state index contributed by atoms with van der Waals surface area (Å²) in [6.07, 6.45) is 0. The van der Waals surface area contributed by atoms with Crippen LogP contribution in [0, 0.1) is 0 Å². The molecule has 0 saturated carbocycles. The molecule has 0 spiro atoms. The van der Waals surface area contributed by atoms with Gasteiger partial charge in [-0.3, -0.25) is 0 Å². The lowest BCUT2D eigenvalue weighted by molar-refractivity contribution is 0.328. The highest BCUT2D eigenvalue weighted by molar-refractivity contribution is 7.80. The standard InChI is InChI=1S/C18H22ClN3S/c1-21(2)12-13-22(14-15-6-4-3-5-7-15)18(23)20-17-10-8-16(19)9-11-17/h3-11H,12-14H2,1-2H3,(H,20,23). The van der Waals surface area contributed by atoms with Crippen LogP contribution in [0.1, 0.15) is 5.56 Å². The van der Waals surface area contributed by atoms with E-state index in [0.717, 1.165) is 35.5 Å². The maximum Gasteiger partial charge on any atom is 0.173 e. The lowest BCUT2D eigenvalue weighted by atomic mass is 10.2. The van der Waals surface area contributed by atoms with Crippen LogP contribution in [0.3, 0.4) is 0 Å². The van der Waals surface area contributed by atoms with Crippen molar-refractivity contribution >= 4 is 34.6 Å². The van der Waals surface area contributed by atoms with E-state index in [-0.39, 0.29) is 0 Å². The van der Waals surface area contributed by atoms with Crippen LogP contribution in [0.4, 0.5) is 5.69 Å². The zero-order chi connectivity index (χ0) is 16.7. The summed E-state index contributed by atoms with van der Waals surface area (Å²) in [6.45, 7) is 2.59. The van der Waals surface area contributed by atoms with Crippen LogP contribution in [-0.4, -0.2) is 42.1 Å². The highest BCUT2D eigenvalue weighted by Gasteiger charge is 2.11. The number of likely N-dealkylation sites (N-methyl/N-ethyl adjacent to an activating group) is 1. The molecule has 0 unspecified atom stereocenters. The number of nitrogens with zero attached hydrogens (tertiary/aromatic N) is 2. The van der Waals surface area contributed by atoms with E-state index >= 15 is 0 Å². The number of hydrogen-bond acceptors (Lipinski definition) is 2. The minimum Gasteiger partial charge on any atom is -0.343 e. The molecule has 0 saturated heterocycles. The highest BCUT2D eigenvalue weighted by atomic mass is 35.5. The van der Waals surface area contributed by atoms with Gasteiger partial charge in [-0.05, 0) is 56.1 Å². The van der Waals surface area contributed by atoms with Gasteiger partial charge >= 0.3 is 0 Å². The Bertz CT molecular complexity index is 614. The predicted octanol–water partition coefficient (Wildman–Crippen LogP) is 4.10. The summed E-state index contributed by atoms with van der Waals surface area (Å²) in [5, 5.41) is 4.73. The number of rotatable bonds is 6. The molecule has 0 aromatic heterocycles. The molecule has 122 valence electrons. The Hall–Kier alpha value is -1.62. The van der Waals surface area contributed by atoms with Gasteiger partial charge in [0, 0.05) is 30.3 Å². The smallest absolute Gasteiger partial charge is 0.173 e. The Morgan fingerprint density at radius 3 is 2.26 bits per heavy atom. The summed E-state index contributed by atoms with van der Waals surface area (Å²) < 4.78 is 0. The van der Waals surface area contributed by atoms with Gasteiger partial charge in [0.2, 0.25) is 0 Å². The van der Waals surface area contributed by atoms with Gasteiger partial charge in [-0.2, -0.15) is 0 Å². The van der Waals surface area contributed by atoms with E-state index in [9.17, 15) is 0 Å². The van der Waals surface area contributed by atoms with Gasteiger partial charge < -0.3 is 15.1 Å². The summed E-state index contributed by atoms with van der Waals surface area (Å²) in [6, 6.07) is 17.9. The molecular formula is C18H22ClN3S. The zero-order valence-electron chi connectivity index (χ0n) is 13.5. The summed E-state index contributed by atoms with van der Waals surface area (Å²) in [4.78, 5) is 4.34. The first-order valence-corrected chi connectivity index (χ1v) is 8.33. The fourth-order valence-electron chi connectivity index (χ4n) is 2.11. The van der Waals surface area contributed by atoms with E-state index < -0.39 is 0 Å². The molecule has 3 nitrogen and oxygen atoms in total. The van der Waals surface area contributed by atoms with Crippen molar-refractivity contribution in [2.24, 2.45) is 0 Å². The van der Waals surface area contributed by atoms with E-state index in [1.807, 2.05) is 30.3 Å². The first-order valence-electron chi connectivity index (χ1n) is 7.55. The van der Waals surface area contributed by atoms with Gasteiger partial charge in [-0.15, -0.1) is 0 Å². The number of anilines is 1. The number of hydrogen-bond donors (Lipinski definition) is 1. The molecule has 0 radical (unpaired) electrons. The largest absolute Gasteiger partial charge is 0.343 e. The fourth-order valence-corrected chi connectivity index (χ4v) is 2.51. The van der Waals surface area contributed by atoms with Crippen molar-refractivity contribution in [3.63, 3.8) is 0 Å². The Morgan fingerprint density at radius 1 is 1.00 bits per heavy atom. The molecule has 0 bridgehead atoms. The normalized spacial score (nSPS) is 10.6. The maximum absolute atomic E-state index is 5.93. The number of nitrogens with one attached hydrogen (secondary N) is 1. The summed E-state index contributed by atoms with van der Waals surface area (Å²) in [5.41, 5.74) is 2.19. The molecular weight excluding hydrogens is 326 g/mol. The van der Waals surface area contributed by atoms with Crippen molar-refractivity contribution in [1.82, 2.24) is 9.80 Å². The molecule has 2 aromatic rings. The van der Waals surface area contributed by atoms with E-state index in [0.29, 0.717) is 0 Å². The molecule has 2 rings (SSSR count). The van der Waals surface area contributed by atoms with E-state index in [1.165, 1.54) is 5.56 Å². The maximum atomic E-state index is 5.93. The van der Waals surface area contributed by atoms with Gasteiger partial charge in [-0.1, -0.05) is 41.9 Å². The number of benzene rings is 2. The molecule has 0 amide bonds. The van der Waals surface area contributed by atoms with Crippen molar-refractivity contribution in [1.29, 1.82) is 0 Å². The lowest BCUT2D eigenvalue weighted by Crippen LogP contribution is -2.38. The van der Waals surface area contributed by atoms with Gasteiger partial charge in [-0.25, -0.2) is 0 Å². The average Bonchev–Trinajstić information content (AvgIpc) is 2.54. The molecule has 0 aliphatic carbocycles. The predicted molar refractivity (Wildman–Crippen MR) is 103 cm³/mol. The molecule has 0 heterocycles. The minimum atomic E-state index is 0.718. The van der Waals surface area contributed by atoms with Crippen LogP contribution in [-0.2, 0) is 6.54 Å². The van der Waals surface area contributed by atoms with Crippen LogP contribution in [0.15, 0.2) is 54.6 Å². The second-order valence-electron chi connectivity index (χ2n) is 5.65. The molecule has 2 aromatic carbocycles. The minimum absolute atomic E-state index is 0.718. The quantitative estimate of drug-likeness (QED) is 0.792. The third-order valence-corrected chi connectivity index (χ3v) is 4.03. The molecule has 0 fully saturated rings. The monoisotopic (exact) mass is 347 g/mol. The lowest BCUT2D eigenvalue weighted by Gasteiger charge is -2.27. The zero-order valence-corrected chi connectivity index (χ0v) is 15.1. The molecule has 0 aliphatic heterocycles. The van der Waals surface area contributed by atoms with Gasteiger partial charge in [0.1, 0.15) is 0 Å². The van der Waals surface area contributed by atoms with Gasteiger partial charge in [0.25, 0.3) is 0 Å². The highest BCUT2D eigenvalue weighted by Crippen LogP contribution is 2.15. The van der Waals surface area contributed by atoms with Crippen molar-refractivity contribution in [2.75, 3.05) is 32.5 Å². The van der Waals surface area contributed by atoms with Crippen molar-refractivity contribution in [2.45, 2.75) is 6.54 Å². The Labute approximate surface area is 148 Å². The fraction of sp³-hybridized carbons (Fsp3) is 0.278. The molecule has 23 heavy (non-hydrogen) atoms. The average molecular weight is 348 g/mol.